The van der Waals surface area contributed by atoms with Crippen LogP contribution in [0.1, 0.15) is 12.5 Å². The van der Waals surface area contributed by atoms with Crippen molar-refractivity contribution in [1.29, 1.82) is 0 Å². The van der Waals surface area contributed by atoms with E-state index >= 15 is 0 Å². The van der Waals surface area contributed by atoms with Crippen LogP contribution in [0, 0.1) is 0 Å². The summed E-state index contributed by atoms with van der Waals surface area (Å²) in [4.78, 5) is 16.5. The second kappa shape index (κ2) is 8.81. The number of nitrogens with one attached hydrogen (secondary N) is 1. The molecule has 26 heavy (non-hydrogen) atoms. The first kappa shape index (κ1) is 18.4. The van der Waals surface area contributed by atoms with Crippen molar-refractivity contribution in [3.05, 3.63) is 59.1 Å². The lowest BCUT2D eigenvalue weighted by Crippen LogP contribution is -2.51. The van der Waals surface area contributed by atoms with E-state index < -0.39 is 0 Å². The molecule has 1 saturated heterocycles. The molecular formula is C20H24ClN3O2. The summed E-state index contributed by atoms with van der Waals surface area (Å²) in [5, 5.41) is 3.74. The maximum atomic E-state index is 12.4. The normalized spacial score (nSPS) is 14.2. The first-order chi connectivity index (χ1) is 12.7. The molecule has 138 valence electrons. The van der Waals surface area contributed by atoms with Crippen molar-refractivity contribution in [2.24, 2.45) is 0 Å². The summed E-state index contributed by atoms with van der Waals surface area (Å²) in [5.74, 6) is 0.826. The Bertz CT molecular complexity index is 745. The fraction of sp³-hybridized carbons (Fsp3) is 0.350. The molecule has 0 saturated carbocycles. The number of carbonyl (C=O) groups excluding carboxylic acids is 1. The number of carbonyl (C=O) groups is 1. The highest BCUT2D eigenvalue weighted by Crippen LogP contribution is 2.26. The lowest BCUT2D eigenvalue weighted by Gasteiger charge is -2.36. The summed E-state index contributed by atoms with van der Waals surface area (Å²) in [6.45, 7) is 5.98. The van der Waals surface area contributed by atoms with Gasteiger partial charge in [-0.2, -0.15) is 0 Å². The topological polar surface area (TPSA) is 44.8 Å². The van der Waals surface area contributed by atoms with Gasteiger partial charge in [0.05, 0.1) is 17.3 Å². The third kappa shape index (κ3) is 4.61. The molecule has 2 aromatic carbocycles. The number of benzene rings is 2. The molecule has 0 unspecified atom stereocenters. The minimum absolute atomic E-state index is 0.0365. The summed E-state index contributed by atoms with van der Waals surface area (Å²) < 4.78 is 5.49. The van der Waals surface area contributed by atoms with Crippen molar-refractivity contribution in [2.45, 2.75) is 13.5 Å². The molecule has 2 aromatic rings. The Morgan fingerprint density at radius 3 is 2.62 bits per heavy atom. The quantitative estimate of drug-likeness (QED) is 0.867. The number of anilines is 1. The van der Waals surface area contributed by atoms with Gasteiger partial charge < -0.3 is 19.9 Å². The van der Waals surface area contributed by atoms with Crippen molar-refractivity contribution in [1.82, 2.24) is 10.2 Å². The Morgan fingerprint density at radius 2 is 1.88 bits per heavy atom. The molecule has 5 nitrogen and oxygen atoms in total. The number of piperazine rings is 1. The van der Waals surface area contributed by atoms with Crippen LogP contribution in [0.3, 0.4) is 0 Å². The fourth-order valence-corrected chi connectivity index (χ4v) is 3.32. The number of nitrogens with zero attached hydrogens (tertiary/aromatic N) is 2. The number of urea groups is 1. The van der Waals surface area contributed by atoms with Gasteiger partial charge in [0.2, 0.25) is 0 Å². The van der Waals surface area contributed by atoms with Gasteiger partial charge in [-0.25, -0.2) is 4.79 Å². The van der Waals surface area contributed by atoms with Crippen LogP contribution in [0.4, 0.5) is 10.5 Å². The lowest BCUT2D eigenvalue weighted by molar-refractivity contribution is 0.194. The zero-order valence-corrected chi connectivity index (χ0v) is 15.7. The predicted molar refractivity (Wildman–Crippen MR) is 105 cm³/mol. The van der Waals surface area contributed by atoms with Gasteiger partial charge in [-0.3, -0.25) is 0 Å². The number of hydrogen-bond donors (Lipinski definition) is 1. The van der Waals surface area contributed by atoms with Gasteiger partial charge in [0.25, 0.3) is 0 Å². The minimum Gasteiger partial charge on any atom is -0.494 e. The first-order valence-electron chi connectivity index (χ1n) is 8.91. The summed E-state index contributed by atoms with van der Waals surface area (Å²) in [7, 11) is 0. The van der Waals surface area contributed by atoms with E-state index in [2.05, 4.69) is 10.2 Å². The standard InChI is InChI=1S/C20H24ClN3O2/c1-2-26-17-7-5-6-16(14-17)15-22-20(25)24-12-10-23(11-13-24)19-9-4-3-8-18(19)21/h3-9,14H,2,10-13,15H2,1H3,(H,22,25). The van der Waals surface area contributed by atoms with Crippen molar-refractivity contribution >= 4 is 23.3 Å². The van der Waals surface area contributed by atoms with E-state index in [1.807, 2.05) is 60.4 Å². The molecule has 1 aliphatic heterocycles. The van der Waals surface area contributed by atoms with Crippen molar-refractivity contribution in [3.8, 4) is 5.75 Å². The van der Waals surface area contributed by atoms with Crippen LogP contribution in [0.15, 0.2) is 48.5 Å². The highest BCUT2D eigenvalue weighted by Gasteiger charge is 2.22. The number of halogens is 1. The van der Waals surface area contributed by atoms with E-state index in [0.29, 0.717) is 26.2 Å². The summed E-state index contributed by atoms with van der Waals surface area (Å²) in [6, 6.07) is 15.6. The average Bonchev–Trinajstić information content (AvgIpc) is 2.67. The Labute approximate surface area is 159 Å². The summed E-state index contributed by atoms with van der Waals surface area (Å²) >= 11 is 6.26. The number of rotatable bonds is 5. The smallest absolute Gasteiger partial charge is 0.317 e. The molecule has 6 heteroatoms. The Kier molecular flexibility index (Phi) is 6.23. The second-order valence-electron chi connectivity index (χ2n) is 6.16. The maximum Gasteiger partial charge on any atom is 0.317 e. The molecule has 1 aliphatic rings. The number of ether oxygens (including phenoxy) is 1. The third-order valence-corrected chi connectivity index (χ3v) is 4.73. The molecular weight excluding hydrogens is 350 g/mol. The van der Waals surface area contributed by atoms with Gasteiger partial charge in [-0.05, 0) is 36.8 Å². The Balaban J connectivity index is 1.49. The van der Waals surface area contributed by atoms with Gasteiger partial charge in [0.15, 0.2) is 0 Å². The molecule has 0 aliphatic carbocycles. The molecule has 0 spiro atoms. The largest absolute Gasteiger partial charge is 0.494 e. The zero-order chi connectivity index (χ0) is 18.4. The lowest BCUT2D eigenvalue weighted by atomic mass is 10.2. The molecule has 3 rings (SSSR count). The van der Waals surface area contributed by atoms with Gasteiger partial charge in [0.1, 0.15) is 5.75 Å². The van der Waals surface area contributed by atoms with Gasteiger partial charge in [0, 0.05) is 32.7 Å². The van der Waals surface area contributed by atoms with Crippen LogP contribution in [0.2, 0.25) is 5.02 Å². The number of hydrogen-bond acceptors (Lipinski definition) is 3. The summed E-state index contributed by atoms with van der Waals surface area (Å²) in [6.07, 6.45) is 0. The van der Waals surface area contributed by atoms with Gasteiger partial charge >= 0.3 is 6.03 Å². The van der Waals surface area contributed by atoms with E-state index in [4.69, 9.17) is 16.3 Å². The Morgan fingerprint density at radius 1 is 1.12 bits per heavy atom. The van der Waals surface area contributed by atoms with Crippen LogP contribution >= 0.6 is 11.6 Å². The third-order valence-electron chi connectivity index (χ3n) is 4.41. The summed E-state index contributed by atoms with van der Waals surface area (Å²) in [5.41, 5.74) is 2.06. The van der Waals surface area contributed by atoms with E-state index in [9.17, 15) is 4.79 Å². The van der Waals surface area contributed by atoms with Crippen LogP contribution in [0.25, 0.3) is 0 Å². The molecule has 1 heterocycles. The average molecular weight is 374 g/mol. The monoisotopic (exact) mass is 373 g/mol. The highest BCUT2D eigenvalue weighted by atomic mass is 35.5. The van der Waals surface area contributed by atoms with E-state index in [1.165, 1.54) is 0 Å². The molecule has 0 atom stereocenters. The van der Waals surface area contributed by atoms with Crippen LogP contribution in [-0.4, -0.2) is 43.7 Å². The second-order valence-corrected chi connectivity index (χ2v) is 6.57. The van der Waals surface area contributed by atoms with Crippen LogP contribution in [0.5, 0.6) is 5.75 Å². The van der Waals surface area contributed by atoms with E-state index in [-0.39, 0.29) is 6.03 Å². The van der Waals surface area contributed by atoms with E-state index in [0.717, 1.165) is 35.1 Å². The fourth-order valence-electron chi connectivity index (χ4n) is 3.06. The molecule has 1 N–H and O–H groups in total. The van der Waals surface area contributed by atoms with Gasteiger partial charge in [-0.1, -0.05) is 35.9 Å². The minimum atomic E-state index is -0.0365. The molecule has 0 aromatic heterocycles. The Hall–Kier alpha value is -2.40. The molecule has 0 radical (unpaired) electrons. The van der Waals surface area contributed by atoms with Crippen molar-refractivity contribution < 1.29 is 9.53 Å². The molecule has 1 fully saturated rings. The van der Waals surface area contributed by atoms with E-state index in [1.54, 1.807) is 0 Å². The predicted octanol–water partition coefficient (Wildman–Crippen LogP) is 3.77. The number of amides is 2. The highest BCUT2D eigenvalue weighted by molar-refractivity contribution is 6.33. The zero-order valence-electron chi connectivity index (χ0n) is 15.0. The van der Waals surface area contributed by atoms with Crippen molar-refractivity contribution in [2.75, 3.05) is 37.7 Å². The van der Waals surface area contributed by atoms with Gasteiger partial charge in [-0.15, -0.1) is 0 Å². The first-order valence-corrected chi connectivity index (χ1v) is 9.29. The SMILES string of the molecule is CCOc1cccc(CNC(=O)N2CCN(c3ccccc3Cl)CC2)c1. The molecule has 2 amide bonds. The van der Waals surface area contributed by atoms with Crippen LogP contribution < -0.4 is 15.0 Å². The van der Waals surface area contributed by atoms with Crippen molar-refractivity contribution in [3.63, 3.8) is 0 Å². The molecule has 0 bridgehead atoms. The van der Waals surface area contributed by atoms with Crippen LogP contribution in [-0.2, 0) is 6.54 Å². The number of para-hydroxylation sites is 1. The maximum absolute atomic E-state index is 12.4.